The molecule has 0 saturated carbocycles. The van der Waals surface area contributed by atoms with Crippen LogP contribution in [0.15, 0.2) is 59.7 Å². The molecule has 5 heteroatoms. The number of carbonyl (C=O) groups is 1. The molecule has 0 unspecified atom stereocenters. The predicted octanol–water partition coefficient (Wildman–Crippen LogP) is 4.47. The molecule has 1 aliphatic rings. The van der Waals surface area contributed by atoms with Gasteiger partial charge in [0.1, 0.15) is 4.83 Å². The molecule has 4 aromatic rings. The van der Waals surface area contributed by atoms with Gasteiger partial charge in [0.05, 0.1) is 18.3 Å². The summed E-state index contributed by atoms with van der Waals surface area (Å²) in [6, 6.07) is 16.0. The third kappa shape index (κ3) is 2.70. The molecule has 0 bridgehead atoms. The van der Waals surface area contributed by atoms with Crippen LogP contribution < -0.4 is 5.56 Å². The SMILES string of the molecule is CCc1cc2c(=O)n(CC(=O)c3ccc4c(c3)-c3ccccc3C4)cnc2s1. The van der Waals surface area contributed by atoms with E-state index in [4.69, 9.17) is 0 Å². The number of fused-ring (bicyclic) bond motifs is 4. The lowest BCUT2D eigenvalue weighted by Crippen LogP contribution is -2.24. The number of carbonyl (C=O) groups excluding carboxylic acids is 1. The van der Waals surface area contributed by atoms with E-state index < -0.39 is 0 Å². The van der Waals surface area contributed by atoms with Crippen molar-refractivity contribution >= 4 is 27.3 Å². The Balaban J connectivity index is 1.48. The molecule has 0 aliphatic heterocycles. The first-order chi connectivity index (χ1) is 13.6. The van der Waals surface area contributed by atoms with Gasteiger partial charge in [0.2, 0.25) is 0 Å². The van der Waals surface area contributed by atoms with Crippen LogP contribution in [-0.4, -0.2) is 15.3 Å². The van der Waals surface area contributed by atoms with E-state index in [1.807, 2.05) is 36.4 Å². The highest BCUT2D eigenvalue weighted by atomic mass is 32.1. The number of nitrogens with zero attached hydrogens (tertiary/aromatic N) is 2. The van der Waals surface area contributed by atoms with Crippen molar-refractivity contribution in [1.29, 1.82) is 0 Å². The summed E-state index contributed by atoms with van der Waals surface area (Å²) in [5, 5.41) is 0.597. The van der Waals surface area contributed by atoms with Crippen LogP contribution in [0.1, 0.15) is 33.3 Å². The van der Waals surface area contributed by atoms with Crippen LogP contribution in [0.4, 0.5) is 0 Å². The third-order valence-electron chi connectivity index (χ3n) is 5.35. The van der Waals surface area contributed by atoms with Crippen LogP contribution in [-0.2, 0) is 19.4 Å². The molecule has 2 heterocycles. The Morgan fingerprint density at radius 1 is 1.11 bits per heavy atom. The Kier molecular flexibility index (Phi) is 3.98. The number of aromatic nitrogens is 2. The number of benzene rings is 2. The Morgan fingerprint density at radius 3 is 2.79 bits per heavy atom. The number of hydrogen-bond donors (Lipinski definition) is 0. The predicted molar refractivity (Wildman–Crippen MR) is 112 cm³/mol. The van der Waals surface area contributed by atoms with Gasteiger partial charge in [-0.1, -0.05) is 43.3 Å². The highest BCUT2D eigenvalue weighted by Crippen LogP contribution is 2.36. The van der Waals surface area contributed by atoms with E-state index >= 15 is 0 Å². The lowest BCUT2D eigenvalue weighted by Gasteiger charge is -2.07. The summed E-state index contributed by atoms with van der Waals surface area (Å²) in [5.41, 5.74) is 5.31. The first-order valence-electron chi connectivity index (χ1n) is 9.36. The zero-order chi connectivity index (χ0) is 19.3. The summed E-state index contributed by atoms with van der Waals surface area (Å²) < 4.78 is 1.41. The van der Waals surface area contributed by atoms with Crippen molar-refractivity contribution in [3.63, 3.8) is 0 Å². The van der Waals surface area contributed by atoms with Gasteiger partial charge in [-0.3, -0.25) is 14.2 Å². The Labute approximate surface area is 166 Å². The molecule has 2 aromatic carbocycles. The Bertz CT molecular complexity index is 1300. The lowest BCUT2D eigenvalue weighted by atomic mass is 10.0. The van der Waals surface area contributed by atoms with Gasteiger partial charge in [-0.2, -0.15) is 0 Å². The average Bonchev–Trinajstić information content (AvgIpc) is 3.31. The number of aryl methyl sites for hydroxylation is 1. The molecule has 0 atom stereocenters. The Hall–Kier alpha value is -3.05. The van der Waals surface area contributed by atoms with Crippen LogP contribution in [0.25, 0.3) is 21.3 Å². The van der Waals surface area contributed by atoms with Crippen LogP contribution >= 0.6 is 11.3 Å². The fraction of sp³-hybridized carbons (Fsp3) is 0.174. The van der Waals surface area contributed by atoms with Gasteiger partial charge in [-0.25, -0.2) is 4.98 Å². The van der Waals surface area contributed by atoms with Crippen molar-refractivity contribution in [3.05, 3.63) is 86.8 Å². The standard InChI is InChI=1S/C23H18N2O2S/c1-2-17-11-20-22(28-17)24-13-25(23(20)27)12-21(26)16-8-7-15-9-14-5-3-4-6-18(14)19(15)10-16/h3-8,10-11,13H,2,9,12H2,1H3. The van der Waals surface area contributed by atoms with E-state index in [2.05, 4.69) is 24.0 Å². The summed E-state index contributed by atoms with van der Waals surface area (Å²) in [5.74, 6) is -0.0821. The fourth-order valence-corrected chi connectivity index (χ4v) is 4.77. The maximum atomic E-state index is 12.9. The minimum Gasteiger partial charge on any atom is -0.292 e. The second kappa shape index (κ2) is 6.53. The van der Waals surface area contributed by atoms with E-state index in [9.17, 15) is 9.59 Å². The zero-order valence-electron chi connectivity index (χ0n) is 15.4. The largest absolute Gasteiger partial charge is 0.292 e. The number of hydrogen-bond acceptors (Lipinski definition) is 4. The van der Waals surface area contributed by atoms with Gasteiger partial charge in [-0.15, -0.1) is 11.3 Å². The van der Waals surface area contributed by atoms with Gasteiger partial charge >= 0.3 is 0 Å². The van der Waals surface area contributed by atoms with E-state index in [0.717, 1.165) is 28.1 Å². The van der Waals surface area contributed by atoms with Crippen molar-refractivity contribution in [2.75, 3.05) is 0 Å². The van der Waals surface area contributed by atoms with Crippen molar-refractivity contribution in [2.45, 2.75) is 26.3 Å². The van der Waals surface area contributed by atoms with Crippen molar-refractivity contribution < 1.29 is 4.79 Å². The quantitative estimate of drug-likeness (QED) is 0.428. The van der Waals surface area contributed by atoms with Crippen LogP contribution in [0.2, 0.25) is 0 Å². The molecule has 1 aliphatic carbocycles. The lowest BCUT2D eigenvalue weighted by molar-refractivity contribution is 0.0970. The molecule has 5 rings (SSSR count). The topological polar surface area (TPSA) is 52.0 Å². The molecular weight excluding hydrogens is 368 g/mol. The molecule has 0 spiro atoms. The van der Waals surface area contributed by atoms with Crippen LogP contribution in [0, 0.1) is 0 Å². The smallest absolute Gasteiger partial charge is 0.262 e. The molecule has 2 aromatic heterocycles. The summed E-state index contributed by atoms with van der Waals surface area (Å²) in [6.07, 6.45) is 3.26. The number of thiophene rings is 1. The summed E-state index contributed by atoms with van der Waals surface area (Å²) in [7, 11) is 0. The normalized spacial score (nSPS) is 12.2. The van der Waals surface area contributed by atoms with Gasteiger partial charge < -0.3 is 0 Å². The maximum absolute atomic E-state index is 12.9. The minimum atomic E-state index is -0.152. The second-order valence-electron chi connectivity index (χ2n) is 7.09. The molecule has 138 valence electrons. The highest BCUT2D eigenvalue weighted by molar-refractivity contribution is 7.18. The Morgan fingerprint density at radius 2 is 1.93 bits per heavy atom. The highest BCUT2D eigenvalue weighted by Gasteiger charge is 2.20. The molecule has 0 radical (unpaired) electrons. The molecule has 28 heavy (non-hydrogen) atoms. The van der Waals surface area contributed by atoms with Gasteiger partial charge in [0.25, 0.3) is 5.56 Å². The molecule has 0 saturated heterocycles. The van der Waals surface area contributed by atoms with Crippen LogP contribution in [0.5, 0.6) is 0 Å². The third-order valence-corrected chi connectivity index (χ3v) is 6.54. The minimum absolute atomic E-state index is 0.000484. The molecule has 0 N–H and O–H groups in total. The van der Waals surface area contributed by atoms with Gasteiger partial charge in [0.15, 0.2) is 5.78 Å². The van der Waals surface area contributed by atoms with Crippen LogP contribution in [0.3, 0.4) is 0 Å². The van der Waals surface area contributed by atoms with E-state index in [1.165, 1.54) is 38.9 Å². The molecule has 0 fully saturated rings. The van der Waals surface area contributed by atoms with E-state index in [-0.39, 0.29) is 17.9 Å². The van der Waals surface area contributed by atoms with Gasteiger partial charge in [0, 0.05) is 10.4 Å². The number of Topliss-reactive ketones (excluding diaryl/α,β-unsaturated/α-hetero) is 1. The monoisotopic (exact) mass is 386 g/mol. The summed E-state index contributed by atoms with van der Waals surface area (Å²) in [4.78, 5) is 31.9. The number of rotatable bonds is 4. The fourth-order valence-electron chi connectivity index (χ4n) is 3.84. The van der Waals surface area contributed by atoms with Gasteiger partial charge in [-0.05, 0) is 47.2 Å². The first-order valence-corrected chi connectivity index (χ1v) is 10.2. The van der Waals surface area contributed by atoms with Crippen molar-refractivity contribution in [2.24, 2.45) is 0 Å². The second-order valence-corrected chi connectivity index (χ2v) is 8.21. The summed E-state index contributed by atoms with van der Waals surface area (Å²) in [6.45, 7) is 2.05. The summed E-state index contributed by atoms with van der Waals surface area (Å²) >= 11 is 1.53. The van der Waals surface area contributed by atoms with Crippen molar-refractivity contribution in [3.8, 4) is 11.1 Å². The van der Waals surface area contributed by atoms with Crippen molar-refractivity contribution in [1.82, 2.24) is 9.55 Å². The van der Waals surface area contributed by atoms with E-state index in [1.54, 1.807) is 0 Å². The molecule has 4 nitrogen and oxygen atoms in total. The average molecular weight is 386 g/mol. The zero-order valence-corrected chi connectivity index (χ0v) is 16.3. The molecular formula is C23H18N2O2S. The maximum Gasteiger partial charge on any atom is 0.262 e. The first kappa shape index (κ1) is 17.1. The molecule has 0 amide bonds. The number of ketones is 1. The van der Waals surface area contributed by atoms with E-state index in [0.29, 0.717) is 10.9 Å².